The normalized spacial score (nSPS) is 16.8. The Morgan fingerprint density at radius 3 is 2.19 bits per heavy atom. The van der Waals surface area contributed by atoms with Crippen LogP contribution in [0.1, 0.15) is 6.92 Å². The van der Waals surface area contributed by atoms with Crippen molar-refractivity contribution in [1.29, 1.82) is 0 Å². The molecule has 1 aliphatic heterocycles. The molecule has 1 heterocycles. The van der Waals surface area contributed by atoms with E-state index in [4.69, 9.17) is 9.47 Å². The second kappa shape index (κ2) is 6.53. The van der Waals surface area contributed by atoms with Gasteiger partial charge >= 0.3 is 0 Å². The van der Waals surface area contributed by atoms with E-state index < -0.39 is 10.0 Å². The monoisotopic (exact) mass is 314 g/mol. The molecule has 0 atom stereocenters. The van der Waals surface area contributed by atoms with E-state index in [0.29, 0.717) is 37.7 Å². The standard InChI is InChI=1S/C14H22N2O4S/c1-4-21(17,18)16-9-7-15(8-10-16)12-5-6-13(19-2)14(11-12)20-3/h5-6,11H,4,7-10H2,1-3H3. The molecular formula is C14H22N2O4S. The number of ether oxygens (including phenoxy) is 2. The molecule has 1 saturated heterocycles. The van der Waals surface area contributed by atoms with Crippen molar-refractivity contribution < 1.29 is 17.9 Å². The minimum Gasteiger partial charge on any atom is -0.493 e. The number of hydrogen-bond acceptors (Lipinski definition) is 5. The lowest BCUT2D eigenvalue weighted by Crippen LogP contribution is -2.49. The van der Waals surface area contributed by atoms with Gasteiger partial charge in [0.05, 0.1) is 20.0 Å². The van der Waals surface area contributed by atoms with Gasteiger partial charge in [-0.1, -0.05) is 0 Å². The second-order valence-corrected chi connectivity index (χ2v) is 7.08. The number of sulfonamides is 1. The number of benzene rings is 1. The third-order valence-electron chi connectivity index (χ3n) is 3.73. The quantitative estimate of drug-likeness (QED) is 0.817. The van der Waals surface area contributed by atoms with Crippen molar-refractivity contribution in [2.75, 3.05) is 51.1 Å². The van der Waals surface area contributed by atoms with Crippen molar-refractivity contribution in [3.05, 3.63) is 18.2 Å². The summed E-state index contributed by atoms with van der Waals surface area (Å²) in [7, 11) is 0.119. The number of hydrogen-bond donors (Lipinski definition) is 0. The third kappa shape index (κ3) is 3.41. The number of anilines is 1. The highest BCUT2D eigenvalue weighted by molar-refractivity contribution is 7.89. The molecule has 0 radical (unpaired) electrons. The molecule has 6 nitrogen and oxygen atoms in total. The van der Waals surface area contributed by atoms with Crippen LogP contribution in [0.15, 0.2) is 18.2 Å². The average molecular weight is 314 g/mol. The first kappa shape index (κ1) is 15.9. The Hall–Kier alpha value is -1.47. The van der Waals surface area contributed by atoms with Crippen LogP contribution >= 0.6 is 0 Å². The molecule has 0 N–H and O–H groups in total. The molecule has 7 heteroatoms. The summed E-state index contributed by atoms with van der Waals surface area (Å²) >= 11 is 0. The zero-order valence-electron chi connectivity index (χ0n) is 12.7. The van der Waals surface area contributed by atoms with Gasteiger partial charge in [0, 0.05) is 37.9 Å². The van der Waals surface area contributed by atoms with E-state index in [0.717, 1.165) is 5.69 Å². The maximum Gasteiger partial charge on any atom is 0.213 e. The lowest BCUT2D eigenvalue weighted by molar-refractivity contribution is 0.354. The fourth-order valence-electron chi connectivity index (χ4n) is 2.43. The zero-order chi connectivity index (χ0) is 15.5. The zero-order valence-corrected chi connectivity index (χ0v) is 13.5. The van der Waals surface area contributed by atoms with Gasteiger partial charge in [-0.15, -0.1) is 0 Å². The maximum atomic E-state index is 11.9. The minimum absolute atomic E-state index is 0.156. The topological polar surface area (TPSA) is 59.1 Å². The number of methoxy groups -OCH3 is 2. The van der Waals surface area contributed by atoms with Crippen molar-refractivity contribution in [3.8, 4) is 11.5 Å². The van der Waals surface area contributed by atoms with Crippen LogP contribution in [0.4, 0.5) is 5.69 Å². The molecule has 0 unspecified atom stereocenters. The van der Waals surface area contributed by atoms with E-state index in [1.165, 1.54) is 0 Å². The lowest BCUT2D eigenvalue weighted by Gasteiger charge is -2.35. The van der Waals surface area contributed by atoms with Crippen molar-refractivity contribution in [1.82, 2.24) is 4.31 Å². The molecule has 1 aromatic rings. The summed E-state index contributed by atoms with van der Waals surface area (Å²) < 4.78 is 35.8. The Balaban J connectivity index is 2.09. The van der Waals surface area contributed by atoms with Crippen LogP contribution in [0.5, 0.6) is 11.5 Å². The third-order valence-corrected chi connectivity index (χ3v) is 5.61. The Bertz CT molecular complexity index is 581. The highest BCUT2D eigenvalue weighted by atomic mass is 32.2. The molecule has 21 heavy (non-hydrogen) atoms. The average Bonchev–Trinajstić information content (AvgIpc) is 2.54. The summed E-state index contributed by atoms with van der Waals surface area (Å²) in [6, 6.07) is 5.75. The van der Waals surface area contributed by atoms with Gasteiger partial charge in [-0.25, -0.2) is 8.42 Å². The van der Waals surface area contributed by atoms with Crippen molar-refractivity contribution in [3.63, 3.8) is 0 Å². The smallest absolute Gasteiger partial charge is 0.213 e. The first-order chi connectivity index (χ1) is 10.0. The largest absolute Gasteiger partial charge is 0.493 e. The van der Waals surface area contributed by atoms with Crippen LogP contribution in [0, 0.1) is 0 Å². The van der Waals surface area contributed by atoms with Gasteiger partial charge in [0.15, 0.2) is 11.5 Å². The minimum atomic E-state index is -3.09. The van der Waals surface area contributed by atoms with Crippen LogP contribution in [-0.2, 0) is 10.0 Å². The summed E-state index contributed by atoms with van der Waals surface area (Å²) in [5.41, 5.74) is 1.01. The van der Waals surface area contributed by atoms with E-state index in [1.807, 2.05) is 18.2 Å². The molecule has 0 aromatic heterocycles. The predicted molar refractivity (Wildman–Crippen MR) is 82.8 cm³/mol. The molecule has 0 bridgehead atoms. The first-order valence-corrected chi connectivity index (χ1v) is 8.57. The van der Waals surface area contributed by atoms with Crippen LogP contribution in [-0.4, -0.2) is 58.9 Å². The Morgan fingerprint density at radius 2 is 1.67 bits per heavy atom. The van der Waals surface area contributed by atoms with Crippen molar-refractivity contribution in [2.45, 2.75) is 6.92 Å². The molecular weight excluding hydrogens is 292 g/mol. The number of rotatable bonds is 5. The molecule has 118 valence electrons. The van der Waals surface area contributed by atoms with Gasteiger partial charge in [0.1, 0.15) is 0 Å². The SMILES string of the molecule is CCS(=O)(=O)N1CCN(c2ccc(OC)c(OC)c2)CC1. The van der Waals surface area contributed by atoms with E-state index in [2.05, 4.69) is 4.90 Å². The predicted octanol–water partition coefficient (Wildman–Crippen LogP) is 1.18. The van der Waals surface area contributed by atoms with Gasteiger partial charge in [-0.2, -0.15) is 4.31 Å². The Kier molecular flexibility index (Phi) is 4.95. The molecule has 0 saturated carbocycles. The summed E-state index contributed by atoms with van der Waals surface area (Å²) in [6.45, 7) is 4.06. The van der Waals surface area contributed by atoms with Gasteiger partial charge in [-0.05, 0) is 19.1 Å². The van der Waals surface area contributed by atoms with Crippen molar-refractivity contribution >= 4 is 15.7 Å². The second-order valence-electron chi connectivity index (χ2n) is 4.83. The van der Waals surface area contributed by atoms with E-state index in [9.17, 15) is 8.42 Å². The molecule has 1 aliphatic rings. The first-order valence-electron chi connectivity index (χ1n) is 6.96. The van der Waals surface area contributed by atoms with Crippen LogP contribution in [0.3, 0.4) is 0 Å². The summed E-state index contributed by atoms with van der Waals surface area (Å²) in [4.78, 5) is 2.16. The summed E-state index contributed by atoms with van der Waals surface area (Å²) in [5.74, 6) is 1.52. The van der Waals surface area contributed by atoms with E-state index in [-0.39, 0.29) is 5.75 Å². The highest BCUT2D eigenvalue weighted by Crippen LogP contribution is 2.31. The fraction of sp³-hybridized carbons (Fsp3) is 0.571. The Morgan fingerprint density at radius 1 is 1.05 bits per heavy atom. The van der Waals surface area contributed by atoms with Gasteiger partial charge < -0.3 is 14.4 Å². The maximum absolute atomic E-state index is 11.9. The molecule has 1 aromatic carbocycles. The summed E-state index contributed by atoms with van der Waals surface area (Å²) in [6.07, 6.45) is 0. The van der Waals surface area contributed by atoms with Gasteiger partial charge in [0.2, 0.25) is 10.0 Å². The molecule has 2 rings (SSSR count). The van der Waals surface area contributed by atoms with Crippen LogP contribution in [0.2, 0.25) is 0 Å². The molecule has 0 amide bonds. The van der Waals surface area contributed by atoms with Gasteiger partial charge in [0.25, 0.3) is 0 Å². The molecule has 0 spiro atoms. The molecule has 0 aliphatic carbocycles. The van der Waals surface area contributed by atoms with E-state index in [1.54, 1.807) is 25.4 Å². The number of nitrogens with zero attached hydrogens (tertiary/aromatic N) is 2. The fourth-order valence-corrected chi connectivity index (χ4v) is 3.51. The Labute approximate surface area is 126 Å². The lowest BCUT2D eigenvalue weighted by atomic mass is 10.2. The summed E-state index contributed by atoms with van der Waals surface area (Å²) in [5, 5.41) is 0. The van der Waals surface area contributed by atoms with Crippen molar-refractivity contribution in [2.24, 2.45) is 0 Å². The van der Waals surface area contributed by atoms with Crippen LogP contribution in [0.25, 0.3) is 0 Å². The molecule has 1 fully saturated rings. The van der Waals surface area contributed by atoms with Crippen LogP contribution < -0.4 is 14.4 Å². The number of piperazine rings is 1. The highest BCUT2D eigenvalue weighted by Gasteiger charge is 2.25. The van der Waals surface area contributed by atoms with Gasteiger partial charge in [-0.3, -0.25) is 0 Å². The van der Waals surface area contributed by atoms with E-state index >= 15 is 0 Å².